The standard InChI is InChI=1S/C25H25NO3/c1-28-24-17-22-23(26(24)29-2)14-13-21(25(22)27)20(15-18-9-5-3-6-10-18)16-19-11-7-4-8-12-19/h3-14,17,20-21H,15-16H2,1-2H3. The molecule has 0 fully saturated rings. The van der Waals surface area contributed by atoms with Crippen molar-refractivity contribution >= 4 is 11.9 Å². The van der Waals surface area contributed by atoms with E-state index in [4.69, 9.17) is 9.57 Å². The van der Waals surface area contributed by atoms with Crippen molar-refractivity contribution in [3.05, 3.63) is 95.2 Å². The number of hydrogen-bond donors (Lipinski definition) is 0. The largest absolute Gasteiger partial charge is 0.480 e. The number of hydrogen-bond acceptors (Lipinski definition) is 3. The number of nitrogens with zero attached hydrogens (tertiary/aromatic N) is 1. The van der Waals surface area contributed by atoms with E-state index in [1.54, 1.807) is 25.0 Å². The number of ether oxygens (including phenoxy) is 1. The van der Waals surface area contributed by atoms with Gasteiger partial charge in [-0.1, -0.05) is 66.7 Å². The minimum absolute atomic E-state index is 0.119. The van der Waals surface area contributed by atoms with Crippen molar-refractivity contribution < 1.29 is 14.4 Å². The van der Waals surface area contributed by atoms with Gasteiger partial charge in [-0.05, 0) is 36.0 Å². The van der Waals surface area contributed by atoms with E-state index >= 15 is 0 Å². The van der Waals surface area contributed by atoms with Crippen LogP contribution in [0.1, 0.15) is 27.2 Å². The fourth-order valence-corrected chi connectivity index (χ4v) is 4.16. The molecule has 1 aliphatic rings. The molecule has 1 heterocycles. The van der Waals surface area contributed by atoms with Crippen LogP contribution in [0.25, 0.3) is 6.08 Å². The number of ketones is 1. The van der Waals surface area contributed by atoms with Crippen LogP contribution >= 0.6 is 0 Å². The second-order valence-corrected chi connectivity index (χ2v) is 7.35. The molecule has 0 saturated heterocycles. The molecule has 1 atom stereocenters. The molecule has 4 heteroatoms. The summed E-state index contributed by atoms with van der Waals surface area (Å²) in [5.74, 6) is 0.612. The number of aromatic nitrogens is 1. The van der Waals surface area contributed by atoms with Crippen molar-refractivity contribution in [2.24, 2.45) is 11.8 Å². The van der Waals surface area contributed by atoms with Gasteiger partial charge in [0, 0.05) is 12.0 Å². The highest BCUT2D eigenvalue weighted by molar-refractivity contribution is 6.04. The first-order chi connectivity index (χ1) is 14.2. The van der Waals surface area contributed by atoms with Gasteiger partial charge in [0.15, 0.2) is 5.78 Å². The van der Waals surface area contributed by atoms with Crippen molar-refractivity contribution in [1.82, 2.24) is 4.73 Å². The van der Waals surface area contributed by atoms with Crippen LogP contribution < -0.4 is 9.57 Å². The molecule has 29 heavy (non-hydrogen) atoms. The lowest BCUT2D eigenvalue weighted by atomic mass is 9.76. The summed E-state index contributed by atoms with van der Waals surface area (Å²) in [6.07, 6.45) is 5.69. The summed E-state index contributed by atoms with van der Waals surface area (Å²) in [5, 5.41) is 0. The highest BCUT2D eigenvalue weighted by Gasteiger charge is 2.34. The van der Waals surface area contributed by atoms with Crippen molar-refractivity contribution in [2.45, 2.75) is 12.8 Å². The van der Waals surface area contributed by atoms with Crippen LogP contribution in [-0.4, -0.2) is 24.7 Å². The van der Waals surface area contributed by atoms with Crippen LogP contribution in [0, 0.1) is 11.8 Å². The Morgan fingerprint density at radius 2 is 1.52 bits per heavy atom. The molecule has 2 aromatic carbocycles. The second kappa shape index (κ2) is 8.39. The van der Waals surface area contributed by atoms with E-state index in [0.717, 1.165) is 18.5 Å². The van der Waals surface area contributed by atoms with E-state index < -0.39 is 0 Å². The maximum Gasteiger partial charge on any atom is 0.228 e. The van der Waals surface area contributed by atoms with Crippen molar-refractivity contribution in [3.8, 4) is 5.88 Å². The van der Waals surface area contributed by atoms with Gasteiger partial charge >= 0.3 is 0 Å². The lowest BCUT2D eigenvalue weighted by Gasteiger charge is -2.26. The van der Waals surface area contributed by atoms with Crippen LogP contribution in [0.5, 0.6) is 5.88 Å². The lowest BCUT2D eigenvalue weighted by molar-refractivity contribution is 0.0901. The third kappa shape index (κ3) is 3.83. The van der Waals surface area contributed by atoms with Crippen molar-refractivity contribution in [1.29, 1.82) is 0 Å². The Morgan fingerprint density at radius 3 is 2.03 bits per heavy atom. The number of fused-ring (bicyclic) bond motifs is 1. The Labute approximate surface area is 171 Å². The monoisotopic (exact) mass is 387 g/mol. The molecule has 4 rings (SSSR count). The molecule has 0 saturated carbocycles. The molecule has 0 spiro atoms. The molecule has 3 aromatic rings. The molecule has 4 nitrogen and oxygen atoms in total. The van der Waals surface area contributed by atoms with Crippen LogP contribution in [0.3, 0.4) is 0 Å². The van der Waals surface area contributed by atoms with Gasteiger partial charge in [0.2, 0.25) is 5.88 Å². The van der Waals surface area contributed by atoms with Gasteiger partial charge in [-0.2, -0.15) is 0 Å². The highest BCUT2D eigenvalue weighted by Crippen LogP contribution is 2.35. The smallest absolute Gasteiger partial charge is 0.228 e. The summed E-state index contributed by atoms with van der Waals surface area (Å²) < 4.78 is 6.94. The minimum atomic E-state index is -0.194. The van der Waals surface area contributed by atoms with Crippen molar-refractivity contribution in [3.63, 3.8) is 0 Å². The number of benzene rings is 2. The van der Waals surface area contributed by atoms with Crippen molar-refractivity contribution in [2.75, 3.05) is 14.2 Å². The Balaban J connectivity index is 1.67. The average molecular weight is 387 g/mol. The Kier molecular flexibility index (Phi) is 5.52. The molecule has 0 N–H and O–H groups in total. The fourth-order valence-electron chi connectivity index (χ4n) is 4.16. The molecule has 148 valence electrons. The number of allylic oxidation sites excluding steroid dienone is 1. The Hall–Kier alpha value is -3.27. The molecular weight excluding hydrogens is 362 g/mol. The van der Waals surface area contributed by atoms with E-state index in [2.05, 4.69) is 48.5 Å². The van der Waals surface area contributed by atoms with Gasteiger partial charge in [-0.25, -0.2) is 0 Å². The van der Waals surface area contributed by atoms with E-state index in [9.17, 15) is 4.79 Å². The molecule has 1 unspecified atom stereocenters. The lowest BCUT2D eigenvalue weighted by Crippen LogP contribution is -2.28. The summed E-state index contributed by atoms with van der Waals surface area (Å²) in [6.45, 7) is 0. The molecule has 0 bridgehead atoms. The zero-order valence-corrected chi connectivity index (χ0v) is 16.7. The molecular formula is C25H25NO3. The summed E-state index contributed by atoms with van der Waals surface area (Å²) in [4.78, 5) is 18.9. The molecule has 0 radical (unpaired) electrons. The van der Waals surface area contributed by atoms with Gasteiger partial charge < -0.3 is 9.57 Å². The first kappa shape index (κ1) is 19.1. The quantitative estimate of drug-likeness (QED) is 0.600. The Bertz CT molecular complexity index is 964. The zero-order chi connectivity index (χ0) is 20.2. The first-order valence-electron chi connectivity index (χ1n) is 9.85. The summed E-state index contributed by atoms with van der Waals surface area (Å²) in [6, 6.07) is 22.5. The van der Waals surface area contributed by atoms with E-state index in [1.807, 2.05) is 24.3 Å². The normalized spacial score (nSPS) is 15.4. The minimum Gasteiger partial charge on any atom is -0.480 e. The third-order valence-electron chi connectivity index (χ3n) is 5.57. The third-order valence-corrected chi connectivity index (χ3v) is 5.57. The predicted octanol–water partition coefficient (Wildman–Crippen LogP) is 4.48. The highest BCUT2D eigenvalue weighted by atomic mass is 16.7. The van der Waals surface area contributed by atoms with E-state index in [0.29, 0.717) is 11.4 Å². The summed E-state index contributed by atoms with van der Waals surface area (Å²) in [5.41, 5.74) is 3.88. The second-order valence-electron chi connectivity index (χ2n) is 7.35. The number of Topliss-reactive ketones (excluding diaryl/α,β-unsaturated/α-hetero) is 1. The van der Waals surface area contributed by atoms with Gasteiger partial charge in [-0.15, -0.1) is 4.73 Å². The summed E-state index contributed by atoms with van der Waals surface area (Å²) in [7, 11) is 3.15. The number of methoxy groups -OCH3 is 1. The van der Waals surface area contributed by atoms with Gasteiger partial charge in [0.25, 0.3) is 0 Å². The maximum atomic E-state index is 13.5. The van der Waals surface area contributed by atoms with Crippen LogP contribution in [0.15, 0.2) is 72.8 Å². The zero-order valence-electron chi connectivity index (χ0n) is 16.7. The molecule has 1 aliphatic carbocycles. The van der Waals surface area contributed by atoms with Crippen LogP contribution in [0.2, 0.25) is 0 Å². The topological polar surface area (TPSA) is 40.5 Å². The first-order valence-corrected chi connectivity index (χ1v) is 9.85. The number of carbonyl (C=O) groups is 1. The predicted molar refractivity (Wildman–Crippen MR) is 114 cm³/mol. The fraction of sp³-hybridized carbons (Fsp3) is 0.240. The molecule has 0 aliphatic heterocycles. The van der Waals surface area contributed by atoms with Gasteiger partial charge in [0.1, 0.15) is 7.11 Å². The van der Waals surface area contributed by atoms with Crippen LogP contribution in [-0.2, 0) is 12.8 Å². The summed E-state index contributed by atoms with van der Waals surface area (Å²) >= 11 is 0. The maximum absolute atomic E-state index is 13.5. The van der Waals surface area contributed by atoms with E-state index in [-0.39, 0.29) is 17.6 Å². The number of carbonyl (C=O) groups excluding carboxylic acids is 1. The van der Waals surface area contributed by atoms with Gasteiger partial charge in [-0.3, -0.25) is 4.79 Å². The number of rotatable bonds is 7. The molecule has 1 aromatic heterocycles. The Morgan fingerprint density at radius 1 is 0.931 bits per heavy atom. The average Bonchev–Trinajstić information content (AvgIpc) is 3.14. The molecule has 0 amide bonds. The van der Waals surface area contributed by atoms with Gasteiger partial charge in [0.05, 0.1) is 18.4 Å². The van der Waals surface area contributed by atoms with E-state index in [1.165, 1.54) is 11.1 Å². The SMILES string of the molecule is COc1cc2c(n1OC)C=CC(C(Cc1ccccc1)Cc1ccccc1)C2=O. The van der Waals surface area contributed by atoms with Crippen LogP contribution in [0.4, 0.5) is 0 Å².